The molecule has 4 rings (SSSR count). The first-order valence-electron chi connectivity index (χ1n) is 16.4. The molecule has 2 aromatic rings. The van der Waals surface area contributed by atoms with Crippen LogP contribution in [0.25, 0.3) is 0 Å². The number of piperazine rings is 1. The maximum Gasteiger partial charge on any atom is 0.255 e. The van der Waals surface area contributed by atoms with Gasteiger partial charge >= 0.3 is 0 Å². The highest BCUT2D eigenvalue weighted by Gasteiger charge is 2.36. The zero-order valence-corrected chi connectivity index (χ0v) is 28.0. The van der Waals surface area contributed by atoms with E-state index in [4.69, 9.17) is 4.74 Å². The molecule has 0 saturated carbocycles. The van der Waals surface area contributed by atoms with Crippen LogP contribution in [0.5, 0.6) is 5.75 Å². The Bertz CT molecular complexity index is 1410. The van der Waals surface area contributed by atoms with Gasteiger partial charge in [0.25, 0.3) is 5.91 Å². The number of fused-ring (bicyclic) bond motifs is 1. The van der Waals surface area contributed by atoms with E-state index in [2.05, 4.69) is 27.8 Å². The summed E-state index contributed by atoms with van der Waals surface area (Å²) in [5, 5.41) is 8.60. The number of likely N-dealkylation sites (N-methyl/N-ethyl adjacent to an activating group) is 2. The molecular formula is C35H48N6O6. The summed E-state index contributed by atoms with van der Waals surface area (Å²) in [6.45, 7) is 10.7. The number of nitrogens with zero attached hydrogens (tertiary/aromatic N) is 3. The van der Waals surface area contributed by atoms with Gasteiger partial charge in [-0.05, 0) is 37.1 Å². The molecule has 2 heterocycles. The number of benzene rings is 2. The summed E-state index contributed by atoms with van der Waals surface area (Å²) in [7, 11) is 1.52. The summed E-state index contributed by atoms with van der Waals surface area (Å²) in [5.41, 5.74) is 1.02. The standard InChI is InChI=1S/C35H48N6O6/c1-6-40-16-18-41(19-17-40)35(46)27-21-30(42)39(5)28(20-25-12-8-7-9-13-25)33(44)38-31(23(2)3)34(45)36-24(4)22-47-29-15-11-10-14-26(29)32(43)37-27/h7-15,23-24,27-28,31H,6,16-22H2,1-5H3,(H,36,45)(H,37,43)(H,38,44)/t24-,27-,28-,31+/m0/s1. The van der Waals surface area contributed by atoms with Crippen LogP contribution in [0.1, 0.15) is 50.0 Å². The van der Waals surface area contributed by atoms with Crippen molar-refractivity contribution in [3.63, 3.8) is 0 Å². The number of carbonyl (C=O) groups is 5. The number of rotatable bonds is 5. The van der Waals surface area contributed by atoms with E-state index in [1.165, 1.54) is 11.9 Å². The van der Waals surface area contributed by atoms with Gasteiger partial charge < -0.3 is 35.4 Å². The lowest BCUT2D eigenvalue weighted by Gasteiger charge is -2.36. The molecular weight excluding hydrogens is 600 g/mol. The molecule has 5 amide bonds. The molecule has 4 atom stereocenters. The molecule has 1 fully saturated rings. The maximum atomic E-state index is 14.0. The van der Waals surface area contributed by atoms with E-state index >= 15 is 0 Å². The smallest absolute Gasteiger partial charge is 0.255 e. The van der Waals surface area contributed by atoms with Crippen molar-refractivity contribution >= 4 is 29.5 Å². The van der Waals surface area contributed by atoms with Crippen molar-refractivity contribution in [1.29, 1.82) is 0 Å². The number of para-hydroxylation sites is 1. The third kappa shape index (κ3) is 9.31. The normalized spacial score (nSPS) is 24.0. The molecule has 0 bridgehead atoms. The molecule has 12 nitrogen and oxygen atoms in total. The minimum Gasteiger partial charge on any atom is -0.491 e. The summed E-state index contributed by atoms with van der Waals surface area (Å²) < 4.78 is 5.98. The van der Waals surface area contributed by atoms with Crippen LogP contribution in [-0.4, -0.2) is 115 Å². The van der Waals surface area contributed by atoms with E-state index in [-0.39, 0.29) is 48.5 Å². The van der Waals surface area contributed by atoms with Crippen molar-refractivity contribution in [2.75, 3.05) is 46.4 Å². The van der Waals surface area contributed by atoms with Crippen molar-refractivity contribution < 1.29 is 28.7 Å². The summed E-state index contributed by atoms with van der Waals surface area (Å²) >= 11 is 0. The highest BCUT2D eigenvalue weighted by Crippen LogP contribution is 2.20. The van der Waals surface area contributed by atoms with Gasteiger partial charge in [-0.3, -0.25) is 24.0 Å². The average Bonchev–Trinajstić information content (AvgIpc) is 3.07. The van der Waals surface area contributed by atoms with Crippen molar-refractivity contribution in [3.8, 4) is 5.75 Å². The average molecular weight is 649 g/mol. The summed E-state index contributed by atoms with van der Waals surface area (Å²) in [6.07, 6.45) is -0.176. The van der Waals surface area contributed by atoms with E-state index < -0.39 is 41.9 Å². The SMILES string of the molecule is CCN1CCN(C(=O)[C@@H]2CC(=O)N(C)[C@@H](Cc3ccccc3)C(=O)N[C@H](C(C)C)C(=O)N[C@@H](C)COc3ccccc3C(=O)N2)CC1. The second-order valence-corrected chi connectivity index (χ2v) is 12.6. The molecule has 0 aliphatic carbocycles. The van der Waals surface area contributed by atoms with Crippen molar-refractivity contribution in [3.05, 3.63) is 65.7 Å². The molecule has 0 radical (unpaired) electrons. The number of hydrogen-bond acceptors (Lipinski definition) is 7. The van der Waals surface area contributed by atoms with E-state index in [1.54, 1.807) is 36.1 Å². The van der Waals surface area contributed by atoms with Gasteiger partial charge in [-0.15, -0.1) is 0 Å². The largest absolute Gasteiger partial charge is 0.491 e. The van der Waals surface area contributed by atoms with E-state index in [0.29, 0.717) is 26.2 Å². The van der Waals surface area contributed by atoms with Gasteiger partial charge in [0.2, 0.25) is 23.6 Å². The van der Waals surface area contributed by atoms with Gasteiger partial charge in [0.15, 0.2) is 0 Å². The minimum atomic E-state index is -1.18. The lowest BCUT2D eigenvalue weighted by molar-refractivity contribution is -0.143. The Kier molecular flexibility index (Phi) is 12.4. The van der Waals surface area contributed by atoms with Gasteiger partial charge in [0.05, 0.1) is 18.0 Å². The summed E-state index contributed by atoms with van der Waals surface area (Å²) in [6, 6.07) is 12.4. The molecule has 0 spiro atoms. The fourth-order valence-electron chi connectivity index (χ4n) is 5.83. The highest BCUT2D eigenvalue weighted by atomic mass is 16.5. The number of amides is 5. The van der Waals surface area contributed by atoms with Gasteiger partial charge in [-0.25, -0.2) is 0 Å². The zero-order valence-electron chi connectivity index (χ0n) is 28.0. The lowest BCUT2D eigenvalue weighted by Crippen LogP contribution is -2.58. The third-order valence-corrected chi connectivity index (χ3v) is 8.80. The topological polar surface area (TPSA) is 140 Å². The van der Waals surface area contributed by atoms with Crippen LogP contribution < -0.4 is 20.7 Å². The molecule has 12 heteroatoms. The Morgan fingerprint density at radius 3 is 2.21 bits per heavy atom. The Hall–Kier alpha value is -4.45. The van der Waals surface area contributed by atoms with Crippen LogP contribution in [0.3, 0.4) is 0 Å². The predicted molar refractivity (Wildman–Crippen MR) is 178 cm³/mol. The second kappa shape index (κ2) is 16.4. The summed E-state index contributed by atoms with van der Waals surface area (Å²) in [4.78, 5) is 74.2. The Morgan fingerprint density at radius 2 is 1.55 bits per heavy atom. The first kappa shape index (κ1) is 35.4. The fraction of sp³-hybridized carbons (Fsp3) is 0.514. The Labute approximate surface area is 277 Å². The van der Waals surface area contributed by atoms with Crippen LogP contribution in [0.15, 0.2) is 54.6 Å². The second-order valence-electron chi connectivity index (χ2n) is 12.6. The zero-order chi connectivity index (χ0) is 34.1. The summed E-state index contributed by atoms with van der Waals surface area (Å²) in [5.74, 6) is -2.30. The molecule has 1 saturated heterocycles. The van der Waals surface area contributed by atoms with Gasteiger partial charge in [0.1, 0.15) is 30.5 Å². The van der Waals surface area contributed by atoms with Gasteiger partial charge in [-0.1, -0.05) is 63.2 Å². The molecule has 47 heavy (non-hydrogen) atoms. The van der Waals surface area contributed by atoms with Crippen LogP contribution in [-0.2, 0) is 25.6 Å². The number of carbonyl (C=O) groups excluding carboxylic acids is 5. The maximum absolute atomic E-state index is 14.0. The Balaban J connectivity index is 1.71. The van der Waals surface area contributed by atoms with E-state index in [0.717, 1.165) is 12.1 Å². The molecule has 2 aromatic carbocycles. The van der Waals surface area contributed by atoms with Crippen LogP contribution in [0, 0.1) is 5.92 Å². The van der Waals surface area contributed by atoms with Crippen molar-refractivity contribution in [2.24, 2.45) is 5.92 Å². The predicted octanol–water partition coefficient (Wildman–Crippen LogP) is 1.45. The molecule has 254 valence electrons. The van der Waals surface area contributed by atoms with Crippen LogP contribution in [0.4, 0.5) is 0 Å². The minimum absolute atomic E-state index is 0.0523. The quantitative estimate of drug-likeness (QED) is 0.446. The lowest BCUT2D eigenvalue weighted by atomic mass is 9.99. The van der Waals surface area contributed by atoms with Crippen molar-refractivity contribution in [2.45, 2.75) is 64.7 Å². The molecule has 2 aliphatic heterocycles. The highest BCUT2D eigenvalue weighted by molar-refractivity contribution is 6.01. The Morgan fingerprint density at radius 1 is 0.894 bits per heavy atom. The molecule has 3 N–H and O–H groups in total. The van der Waals surface area contributed by atoms with Gasteiger partial charge in [-0.2, -0.15) is 0 Å². The first-order chi connectivity index (χ1) is 22.5. The van der Waals surface area contributed by atoms with E-state index in [1.807, 2.05) is 44.2 Å². The van der Waals surface area contributed by atoms with Gasteiger partial charge in [0, 0.05) is 39.6 Å². The van der Waals surface area contributed by atoms with Crippen LogP contribution >= 0.6 is 0 Å². The first-order valence-corrected chi connectivity index (χ1v) is 16.4. The number of ether oxygens (including phenoxy) is 1. The molecule has 2 aliphatic rings. The molecule has 0 aromatic heterocycles. The fourth-order valence-corrected chi connectivity index (χ4v) is 5.83. The number of hydrogen-bond donors (Lipinski definition) is 3. The molecule has 0 unspecified atom stereocenters. The third-order valence-electron chi connectivity index (χ3n) is 8.80. The monoisotopic (exact) mass is 648 g/mol. The van der Waals surface area contributed by atoms with Crippen LogP contribution in [0.2, 0.25) is 0 Å². The van der Waals surface area contributed by atoms with E-state index in [9.17, 15) is 24.0 Å². The number of nitrogens with one attached hydrogen (secondary N) is 3. The van der Waals surface area contributed by atoms with Crippen molar-refractivity contribution in [1.82, 2.24) is 30.7 Å².